The molecule has 0 bridgehead atoms. The van der Waals surface area contributed by atoms with Crippen molar-refractivity contribution in [3.8, 4) is 0 Å². The lowest BCUT2D eigenvalue weighted by Gasteiger charge is -2.19. The minimum absolute atomic E-state index is 0.0846. The molecule has 114 valence electrons. The number of amides is 1. The lowest BCUT2D eigenvalue weighted by Crippen LogP contribution is -2.40. The van der Waals surface area contributed by atoms with Crippen molar-refractivity contribution in [3.63, 3.8) is 0 Å². The minimum Gasteiger partial charge on any atom is -0.444 e. The zero-order valence-electron chi connectivity index (χ0n) is 12.1. The number of H-pyrrole nitrogens is 1. The third-order valence-corrected chi connectivity index (χ3v) is 3.50. The Morgan fingerprint density at radius 3 is 2.81 bits per heavy atom. The molecule has 0 spiro atoms. The summed E-state index contributed by atoms with van der Waals surface area (Å²) in [5.74, 6) is 0. The summed E-state index contributed by atoms with van der Waals surface area (Å²) in [6, 6.07) is 1.69. The number of alkyl carbamates (subject to hydrolysis) is 1. The first-order valence-corrected chi connectivity index (χ1v) is 7.33. The zero-order valence-corrected chi connectivity index (χ0v) is 12.9. The standard InChI is InChI=1S/C13H17N3O4S/c1-13(2,3)20-12(19)14-5-6-16-10(17)9-8(4-7-21-9)15-11(16)18/h4,7H,5-6H2,1-3H3,(H,14,19)(H,15,18). The summed E-state index contributed by atoms with van der Waals surface area (Å²) in [5, 5.41) is 4.26. The molecular weight excluding hydrogens is 294 g/mol. The largest absolute Gasteiger partial charge is 0.444 e. The van der Waals surface area contributed by atoms with E-state index in [9.17, 15) is 14.4 Å². The Bertz CT molecular complexity index is 766. The van der Waals surface area contributed by atoms with Crippen molar-refractivity contribution >= 4 is 27.6 Å². The molecule has 0 aliphatic heterocycles. The van der Waals surface area contributed by atoms with Gasteiger partial charge in [0.05, 0.1) is 5.52 Å². The number of aromatic amines is 1. The Hall–Kier alpha value is -2.09. The van der Waals surface area contributed by atoms with Crippen LogP contribution in [0.15, 0.2) is 21.0 Å². The average Bonchev–Trinajstić information content (AvgIpc) is 2.79. The van der Waals surface area contributed by atoms with Crippen molar-refractivity contribution in [2.24, 2.45) is 0 Å². The average molecular weight is 311 g/mol. The second kappa shape index (κ2) is 5.72. The summed E-state index contributed by atoms with van der Waals surface area (Å²) in [6.45, 7) is 5.49. The maximum atomic E-state index is 12.1. The first kappa shape index (κ1) is 15.3. The number of aromatic nitrogens is 2. The van der Waals surface area contributed by atoms with Crippen LogP contribution >= 0.6 is 11.3 Å². The maximum Gasteiger partial charge on any atom is 0.407 e. The SMILES string of the molecule is CC(C)(C)OC(=O)NCCn1c(=O)[nH]c2ccsc2c1=O. The second-order valence-electron chi connectivity index (χ2n) is 5.48. The van der Waals surface area contributed by atoms with Crippen molar-refractivity contribution in [1.82, 2.24) is 14.9 Å². The van der Waals surface area contributed by atoms with Gasteiger partial charge in [0.2, 0.25) is 0 Å². The van der Waals surface area contributed by atoms with Gasteiger partial charge in [-0.1, -0.05) is 0 Å². The van der Waals surface area contributed by atoms with E-state index in [0.717, 1.165) is 4.57 Å². The minimum atomic E-state index is -0.589. The molecule has 21 heavy (non-hydrogen) atoms. The van der Waals surface area contributed by atoms with Crippen LogP contribution in [0.5, 0.6) is 0 Å². The van der Waals surface area contributed by atoms with Gasteiger partial charge in [-0.25, -0.2) is 9.59 Å². The van der Waals surface area contributed by atoms with Gasteiger partial charge in [0, 0.05) is 13.1 Å². The first-order chi connectivity index (χ1) is 9.78. The van der Waals surface area contributed by atoms with Crippen molar-refractivity contribution in [1.29, 1.82) is 0 Å². The van der Waals surface area contributed by atoms with Gasteiger partial charge in [-0.15, -0.1) is 11.3 Å². The van der Waals surface area contributed by atoms with Crippen LogP contribution in [0.25, 0.3) is 10.2 Å². The summed E-state index contributed by atoms with van der Waals surface area (Å²) in [6.07, 6.45) is -0.579. The molecule has 0 atom stereocenters. The summed E-state index contributed by atoms with van der Waals surface area (Å²) in [5.41, 5.74) is -0.896. The van der Waals surface area contributed by atoms with E-state index in [1.165, 1.54) is 11.3 Å². The molecule has 0 aliphatic rings. The molecule has 2 heterocycles. The zero-order chi connectivity index (χ0) is 15.6. The molecule has 0 aliphatic carbocycles. The topological polar surface area (TPSA) is 93.2 Å². The number of hydrogen-bond acceptors (Lipinski definition) is 5. The molecular formula is C13H17N3O4S. The number of thiophene rings is 1. The maximum absolute atomic E-state index is 12.1. The molecule has 1 amide bonds. The smallest absolute Gasteiger partial charge is 0.407 e. The number of nitrogens with zero attached hydrogens (tertiary/aromatic N) is 1. The van der Waals surface area contributed by atoms with E-state index in [2.05, 4.69) is 10.3 Å². The van der Waals surface area contributed by atoms with Gasteiger partial charge in [0.1, 0.15) is 10.3 Å². The van der Waals surface area contributed by atoms with E-state index in [-0.39, 0.29) is 18.6 Å². The summed E-state index contributed by atoms with van der Waals surface area (Å²) in [7, 11) is 0. The molecule has 0 unspecified atom stereocenters. The molecule has 0 saturated heterocycles. The molecule has 7 nitrogen and oxygen atoms in total. The van der Waals surface area contributed by atoms with Crippen LogP contribution in [0, 0.1) is 0 Å². The van der Waals surface area contributed by atoms with E-state index in [1.807, 2.05) is 0 Å². The Kier molecular flexibility index (Phi) is 4.17. The van der Waals surface area contributed by atoms with Gasteiger partial charge in [-0.2, -0.15) is 0 Å². The predicted molar refractivity (Wildman–Crippen MR) is 80.9 cm³/mol. The summed E-state index contributed by atoms with van der Waals surface area (Å²) in [4.78, 5) is 38.1. The Balaban J connectivity index is 2.06. The number of rotatable bonds is 3. The molecule has 2 aromatic rings. The number of carbonyl (C=O) groups excluding carboxylic acids is 1. The predicted octanol–water partition coefficient (Wildman–Crippen LogP) is 1.28. The second-order valence-corrected chi connectivity index (χ2v) is 6.40. The molecule has 0 aromatic carbocycles. The lowest BCUT2D eigenvalue weighted by atomic mass is 10.2. The van der Waals surface area contributed by atoms with Gasteiger partial charge in [0.15, 0.2) is 0 Å². The Morgan fingerprint density at radius 1 is 1.43 bits per heavy atom. The summed E-state index contributed by atoms with van der Waals surface area (Å²) < 4.78 is 6.63. The fourth-order valence-corrected chi connectivity index (χ4v) is 2.56. The van der Waals surface area contributed by atoms with Crippen LogP contribution in [0.2, 0.25) is 0 Å². The van der Waals surface area contributed by atoms with Gasteiger partial charge < -0.3 is 15.0 Å². The van der Waals surface area contributed by atoms with Crippen LogP contribution in [-0.2, 0) is 11.3 Å². The van der Waals surface area contributed by atoms with Gasteiger partial charge in [-0.3, -0.25) is 9.36 Å². The number of ether oxygens (including phenoxy) is 1. The third kappa shape index (κ3) is 3.72. The molecule has 2 aromatic heterocycles. The summed E-state index contributed by atoms with van der Waals surface area (Å²) >= 11 is 1.27. The number of fused-ring (bicyclic) bond motifs is 1. The molecule has 0 fully saturated rings. The highest BCUT2D eigenvalue weighted by atomic mass is 32.1. The molecule has 0 saturated carbocycles. The van der Waals surface area contributed by atoms with E-state index in [0.29, 0.717) is 10.2 Å². The van der Waals surface area contributed by atoms with Crippen LogP contribution in [0.4, 0.5) is 4.79 Å². The van der Waals surface area contributed by atoms with E-state index in [1.54, 1.807) is 32.2 Å². The van der Waals surface area contributed by atoms with Gasteiger partial charge in [0.25, 0.3) is 5.56 Å². The molecule has 0 radical (unpaired) electrons. The van der Waals surface area contributed by atoms with E-state index >= 15 is 0 Å². The Labute approximate surface area is 124 Å². The molecule has 8 heteroatoms. The van der Waals surface area contributed by atoms with Crippen LogP contribution in [0.3, 0.4) is 0 Å². The van der Waals surface area contributed by atoms with Crippen molar-refractivity contribution in [3.05, 3.63) is 32.3 Å². The molecule has 2 N–H and O–H groups in total. The van der Waals surface area contributed by atoms with E-state index in [4.69, 9.17) is 4.74 Å². The Morgan fingerprint density at radius 2 is 2.14 bits per heavy atom. The van der Waals surface area contributed by atoms with Crippen LogP contribution in [0.1, 0.15) is 20.8 Å². The lowest BCUT2D eigenvalue weighted by molar-refractivity contribution is 0.0526. The fourth-order valence-electron chi connectivity index (χ4n) is 1.76. The quantitative estimate of drug-likeness (QED) is 0.893. The van der Waals surface area contributed by atoms with Gasteiger partial charge in [-0.05, 0) is 32.2 Å². The highest BCUT2D eigenvalue weighted by Crippen LogP contribution is 2.11. The molecule has 2 rings (SSSR count). The third-order valence-electron chi connectivity index (χ3n) is 2.60. The number of nitrogens with one attached hydrogen (secondary N) is 2. The van der Waals surface area contributed by atoms with E-state index < -0.39 is 17.4 Å². The normalized spacial score (nSPS) is 11.6. The van der Waals surface area contributed by atoms with Crippen molar-refractivity contribution in [2.75, 3.05) is 6.54 Å². The monoisotopic (exact) mass is 311 g/mol. The number of carbonyl (C=O) groups is 1. The number of hydrogen-bond donors (Lipinski definition) is 2. The van der Waals surface area contributed by atoms with Crippen LogP contribution in [-0.4, -0.2) is 27.8 Å². The van der Waals surface area contributed by atoms with Crippen molar-refractivity contribution < 1.29 is 9.53 Å². The van der Waals surface area contributed by atoms with Crippen LogP contribution < -0.4 is 16.6 Å². The van der Waals surface area contributed by atoms with Gasteiger partial charge >= 0.3 is 11.8 Å². The highest BCUT2D eigenvalue weighted by molar-refractivity contribution is 7.17. The van der Waals surface area contributed by atoms with Crippen molar-refractivity contribution in [2.45, 2.75) is 32.9 Å². The first-order valence-electron chi connectivity index (χ1n) is 6.45. The fraction of sp³-hybridized carbons (Fsp3) is 0.462. The highest BCUT2D eigenvalue weighted by Gasteiger charge is 2.16.